The van der Waals surface area contributed by atoms with Crippen LogP contribution in [0.4, 0.5) is 11.9 Å². The van der Waals surface area contributed by atoms with Crippen LogP contribution in [0.25, 0.3) is 5.65 Å². The third kappa shape index (κ3) is 4.64. The summed E-state index contributed by atoms with van der Waals surface area (Å²) in [4.78, 5) is 12.3. The molecule has 0 spiro atoms. The normalized spacial score (nSPS) is 17.3. The van der Waals surface area contributed by atoms with E-state index in [2.05, 4.69) is 40.5 Å². The highest BCUT2D eigenvalue weighted by Gasteiger charge is 2.24. The van der Waals surface area contributed by atoms with Gasteiger partial charge in [-0.25, -0.2) is 0 Å². The van der Waals surface area contributed by atoms with Crippen LogP contribution in [0, 0.1) is 17.2 Å². The van der Waals surface area contributed by atoms with E-state index in [1.807, 2.05) is 24.4 Å². The minimum atomic E-state index is 0.307. The van der Waals surface area contributed by atoms with Crippen LogP contribution in [0.3, 0.4) is 0 Å². The zero-order valence-electron chi connectivity index (χ0n) is 19.9. The summed E-state index contributed by atoms with van der Waals surface area (Å²) >= 11 is 0. The van der Waals surface area contributed by atoms with Crippen LogP contribution < -0.4 is 20.3 Å². The molecule has 0 saturated carbocycles. The third-order valence-corrected chi connectivity index (χ3v) is 6.60. The average molecular weight is 461 g/mol. The zero-order chi connectivity index (χ0) is 23.5. The maximum absolute atomic E-state index is 9.32. The smallest absolute Gasteiger partial charge is 0.230 e. The standard InChI is InChI=1S/C25H32N8O/c1-17(2)21-15-29-33-23(21)30-25-31-24(33)28-14-20-7-6-18(11-26)10-22(20)34-9-5-3-4-8-32(25)16-19-12-27-13-19/h6-7,10,15,17,19,27H,3-5,8-9,12-14,16H2,1-2H3,(H,28,30,31). The highest BCUT2D eigenvalue weighted by Crippen LogP contribution is 2.26. The molecule has 2 aromatic heterocycles. The van der Waals surface area contributed by atoms with Crippen LogP contribution in [0.2, 0.25) is 0 Å². The summed E-state index contributed by atoms with van der Waals surface area (Å²) in [5.74, 6) is 3.10. The molecule has 0 amide bonds. The Morgan fingerprint density at radius 3 is 2.85 bits per heavy atom. The Morgan fingerprint density at radius 1 is 1.21 bits per heavy atom. The molecule has 0 radical (unpaired) electrons. The van der Waals surface area contributed by atoms with Gasteiger partial charge in [-0.3, -0.25) is 0 Å². The lowest BCUT2D eigenvalue weighted by Gasteiger charge is -2.33. The Bertz CT molecular complexity index is 1190. The lowest BCUT2D eigenvalue weighted by atomic mass is 10.0. The molecule has 0 unspecified atom stereocenters. The van der Waals surface area contributed by atoms with Gasteiger partial charge in [0.15, 0.2) is 5.65 Å². The van der Waals surface area contributed by atoms with Gasteiger partial charge in [-0.2, -0.15) is 24.8 Å². The monoisotopic (exact) mass is 460 g/mol. The summed E-state index contributed by atoms with van der Waals surface area (Å²) < 4.78 is 7.91. The average Bonchev–Trinajstić information content (AvgIpc) is 3.24. The lowest BCUT2D eigenvalue weighted by Crippen LogP contribution is -2.49. The van der Waals surface area contributed by atoms with Gasteiger partial charge < -0.3 is 20.3 Å². The van der Waals surface area contributed by atoms with E-state index < -0.39 is 0 Å². The molecule has 3 aromatic rings. The second kappa shape index (κ2) is 9.85. The number of anilines is 2. The molecule has 34 heavy (non-hydrogen) atoms. The summed E-state index contributed by atoms with van der Waals surface area (Å²) in [6.07, 6.45) is 4.97. The number of ether oxygens (including phenoxy) is 1. The number of nitrogens with one attached hydrogen (secondary N) is 2. The predicted molar refractivity (Wildman–Crippen MR) is 131 cm³/mol. The number of nitrogens with zero attached hydrogens (tertiary/aromatic N) is 6. The Hall–Kier alpha value is -3.38. The molecule has 9 heteroatoms. The number of rotatable bonds is 3. The van der Waals surface area contributed by atoms with Gasteiger partial charge in [0.2, 0.25) is 11.9 Å². The van der Waals surface area contributed by atoms with Crippen LogP contribution in [-0.2, 0) is 6.54 Å². The molecular weight excluding hydrogens is 428 g/mol. The third-order valence-electron chi connectivity index (χ3n) is 6.60. The molecule has 2 aliphatic rings. The maximum atomic E-state index is 9.32. The fourth-order valence-corrected chi connectivity index (χ4v) is 4.45. The first-order chi connectivity index (χ1) is 16.6. The van der Waals surface area contributed by atoms with Crippen molar-refractivity contribution < 1.29 is 4.74 Å². The first-order valence-electron chi connectivity index (χ1n) is 12.2. The fourth-order valence-electron chi connectivity index (χ4n) is 4.45. The van der Waals surface area contributed by atoms with E-state index in [1.54, 1.807) is 4.52 Å². The Kier molecular flexibility index (Phi) is 6.50. The highest BCUT2D eigenvalue weighted by molar-refractivity contribution is 5.56. The van der Waals surface area contributed by atoms with Crippen LogP contribution in [0.1, 0.15) is 55.7 Å². The SMILES string of the molecule is CC(C)c1cnn2c3nc(nc12)N(CC1CNC1)CCCCCOc1cc(C#N)ccc1CN3. The van der Waals surface area contributed by atoms with Gasteiger partial charge in [0.05, 0.1) is 24.4 Å². The number of benzene rings is 1. The van der Waals surface area contributed by atoms with Gasteiger partial charge >= 0.3 is 0 Å². The largest absolute Gasteiger partial charge is 0.493 e. The van der Waals surface area contributed by atoms with Crippen LogP contribution in [-0.4, -0.2) is 52.4 Å². The number of hydrogen-bond acceptors (Lipinski definition) is 8. The van der Waals surface area contributed by atoms with Crippen molar-refractivity contribution in [1.29, 1.82) is 5.26 Å². The van der Waals surface area contributed by atoms with Crippen molar-refractivity contribution >= 4 is 17.5 Å². The number of nitriles is 1. The van der Waals surface area contributed by atoms with E-state index >= 15 is 0 Å². The predicted octanol–water partition coefficient (Wildman–Crippen LogP) is 3.32. The fraction of sp³-hybridized carbons (Fsp3) is 0.520. The van der Waals surface area contributed by atoms with Crippen molar-refractivity contribution in [1.82, 2.24) is 24.9 Å². The van der Waals surface area contributed by atoms with Crippen molar-refractivity contribution in [2.45, 2.75) is 45.6 Å². The van der Waals surface area contributed by atoms with Crippen molar-refractivity contribution in [2.24, 2.45) is 5.92 Å². The van der Waals surface area contributed by atoms with E-state index in [0.717, 1.165) is 73.9 Å². The van der Waals surface area contributed by atoms with Crippen molar-refractivity contribution in [3.05, 3.63) is 41.1 Å². The summed E-state index contributed by atoms with van der Waals surface area (Å²) in [6, 6.07) is 7.81. The van der Waals surface area contributed by atoms with E-state index in [1.165, 1.54) is 0 Å². The maximum Gasteiger partial charge on any atom is 0.230 e. The molecule has 9 nitrogen and oxygen atoms in total. The number of fused-ring (bicyclic) bond motifs is 5. The Labute approximate surface area is 200 Å². The molecule has 178 valence electrons. The van der Waals surface area contributed by atoms with Gasteiger partial charge in [0.1, 0.15) is 5.75 Å². The molecule has 1 saturated heterocycles. The molecule has 0 aliphatic carbocycles. The number of hydrogen-bond donors (Lipinski definition) is 2. The number of aromatic nitrogens is 4. The van der Waals surface area contributed by atoms with Gasteiger partial charge in [-0.15, -0.1) is 0 Å². The van der Waals surface area contributed by atoms with E-state index in [0.29, 0.717) is 36.5 Å². The van der Waals surface area contributed by atoms with Crippen molar-refractivity contribution in [3.8, 4) is 11.8 Å². The topological polar surface area (TPSA) is 103 Å². The molecule has 2 N–H and O–H groups in total. The van der Waals surface area contributed by atoms with E-state index in [9.17, 15) is 5.26 Å². The van der Waals surface area contributed by atoms with Crippen molar-refractivity contribution in [3.63, 3.8) is 0 Å². The first kappa shape index (κ1) is 22.4. The summed E-state index contributed by atoms with van der Waals surface area (Å²) in [6.45, 7) is 9.42. The van der Waals surface area contributed by atoms with E-state index in [4.69, 9.17) is 14.7 Å². The summed E-state index contributed by atoms with van der Waals surface area (Å²) in [5, 5.41) is 20.8. The Balaban J connectivity index is 1.55. The van der Waals surface area contributed by atoms with Gasteiger partial charge in [-0.05, 0) is 37.3 Å². The minimum Gasteiger partial charge on any atom is -0.493 e. The van der Waals surface area contributed by atoms with Crippen molar-refractivity contribution in [2.75, 3.05) is 43.0 Å². The van der Waals surface area contributed by atoms with Crippen LogP contribution in [0.15, 0.2) is 24.4 Å². The molecular formula is C25H32N8O. The van der Waals surface area contributed by atoms with Crippen LogP contribution in [0.5, 0.6) is 5.75 Å². The Morgan fingerprint density at radius 2 is 2.09 bits per heavy atom. The van der Waals surface area contributed by atoms with Gasteiger partial charge in [0.25, 0.3) is 0 Å². The quantitative estimate of drug-likeness (QED) is 0.614. The molecule has 2 bridgehead atoms. The minimum absolute atomic E-state index is 0.307. The first-order valence-corrected chi connectivity index (χ1v) is 12.2. The molecule has 0 atom stereocenters. The summed E-state index contributed by atoms with van der Waals surface area (Å²) in [5.41, 5.74) is 3.54. The molecule has 1 aromatic carbocycles. The highest BCUT2D eigenvalue weighted by atomic mass is 16.5. The second-order valence-electron chi connectivity index (χ2n) is 9.50. The molecule has 1 fully saturated rings. The lowest BCUT2D eigenvalue weighted by molar-refractivity contribution is 0.301. The van der Waals surface area contributed by atoms with E-state index in [-0.39, 0.29) is 0 Å². The molecule has 2 aliphatic heterocycles. The second-order valence-corrected chi connectivity index (χ2v) is 9.50. The van der Waals surface area contributed by atoms with Crippen LogP contribution >= 0.6 is 0 Å². The summed E-state index contributed by atoms with van der Waals surface area (Å²) in [7, 11) is 0. The zero-order valence-corrected chi connectivity index (χ0v) is 19.9. The molecule has 5 rings (SSSR count). The van der Waals surface area contributed by atoms with Gasteiger partial charge in [-0.1, -0.05) is 19.9 Å². The van der Waals surface area contributed by atoms with Gasteiger partial charge in [0, 0.05) is 49.8 Å². The molecule has 4 heterocycles.